The number of esters is 4. The lowest BCUT2D eigenvalue weighted by Crippen LogP contribution is -2.49. The van der Waals surface area contributed by atoms with Crippen LogP contribution >= 0.6 is 0 Å². The summed E-state index contributed by atoms with van der Waals surface area (Å²) in [4.78, 5) is 82.8. The second-order valence-corrected chi connectivity index (χ2v) is 8.86. The van der Waals surface area contributed by atoms with E-state index in [0.29, 0.717) is 11.0 Å². The number of hydrogen-bond donors (Lipinski definition) is 1. The summed E-state index contributed by atoms with van der Waals surface area (Å²) in [7, 11) is 0. The van der Waals surface area contributed by atoms with Crippen molar-refractivity contribution < 1.29 is 38.1 Å². The van der Waals surface area contributed by atoms with E-state index in [0.717, 1.165) is 38.8 Å². The summed E-state index contributed by atoms with van der Waals surface area (Å²) in [5.41, 5.74) is 0.637. The number of H-pyrrole nitrogens is 1. The molecule has 14 nitrogen and oxygen atoms in total. The SMILES string of the molecule is CC(=O)OC[C@@H](OC(C)=O)[C@H](OC(C)=O)[C@H](Cn1c2nc(=O)[nH]c(=O)c-2nc2cc(C)c(C)cc21)OC(C)=O. The van der Waals surface area contributed by atoms with E-state index in [9.17, 15) is 28.8 Å². The van der Waals surface area contributed by atoms with Gasteiger partial charge in [0.1, 0.15) is 6.61 Å². The summed E-state index contributed by atoms with van der Waals surface area (Å²) < 4.78 is 22.7. The van der Waals surface area contributed by atoms with E-state index in [1.165, 1.54) is 4.57 Å². The van der Waals surface area contributed by atoms with Crippen LogP contribution < -0.4 is 11.2 Å². The first-order valence-corrected chi connectivity index (χ1v) is 11.8. The quantitative estimate of drug-likeness (QED) is 0.224. The molecule has 0 spiro atoms. The summed E-state index contributed by atoms with van der Waals surface area (Å²) in [5.74, 6) is -3.20. The molecule has 0 aliphatic carbocycles. The predicted molar refractivity (Wildman–Crippen MR) is 134 cm³/mol. The van der Waals surface area contributed by atoms with Gasteiger partial charge in [-0.1, -0.05) is 0 Å². The fourth-order valence-electron chi connectivity index (χ4n) is 4.03. The molecule has 3 atom stereocenters. The largest absolute Gasteiger partial charge is 0.462 e. The van der Waals surface area contributed by atoms with Crippen LogP contribution in [-0.2, 0) is 44.7 Å². The molecule has 0 saturated carbocycles. The Labute approximate surface area is 221 Å². The number of rotatable bonds is 9. The molecule has 1 N–H and O–H groups in total. The smallest absolute Gasteiger partial charge is 0.349 e. The van der Waals surface area contributed by atoms with Crippen molar-refractivity contribution in [2.45, 2.75) is 66.4 Å². The molecule has 39 heavy (non-hydrogen) atoms. The van der Waals surface area contributed by atoms with Crippen LogP contribution in [0.5, 0.6) is 0 Å². The zero-order chi connectivity index (χ0) is 29.0. The predicted octanol–water partition coefficient (Wildman–Crippen LogP) is 0.560. The summed E-state index contributed by atoms with van der Waals surface area (Å²) in [6.45, 7) is 7.29. The van der Waals surface area contributed by atoms with Crippen molar-refractivity contribution in [3.63, 3.8) is 0 Å². The lowest BCUT2D eigenvalue weighted by Gasteiger charge is -2.32. The molecule has 2 aliphatic rings. The van der Waals surface area contributed by atoms with Crippen molar-refractivity contribution in [3.05, 3.63) is 44.1 Å². The Morgan fingerprint density at radius 1 is 0.846 bits per heavy atom. The second kappa shape index (κ2) is 11.8. The zero-order valence-corrected chi connectivity index (χ0v) is 22.2. The van der Waals surface area contributed by atoms with Crippen LogP contribution in [0.25, 0.3) is 22.6 Å². The summed E-state index contributed by atoms with van der Waals surface area (Å²) in [5, 5.41) is 0. The number of aromatic nitrogens is 4. The van der Waals surface area contributed by atoms with Crippen molar-refractivity contribution in [3.8, 4) is 11.5 Å². The number of nitrogens with zero attached hydrogens (tertiary/aromatic N) is 3. The van der Waals surface area contributed by atoms with Crippen LogP contribution in [-0.4, -0.2) is 68.3 Å². The molecular formula is C25H28N4O10. The van der Waals surface area contributed by atoms with E-state index < -0.39 is 60.0 Å². The molecule has 2 aliphatic heterocycles. The van der Waals surface area contributed by atoms with E-state index in [2.05, 4.69) is 15.0 Å². The fraction of sp³-hybridized carbons (Fsp3) is 0.440. The third-order valence-electron chi connectivity index (χ3n) is 5.71. The topological polar surface area (TPSA) is 186 Å². The number of aromatic amines is 1. The van der Waals surface area contributed by atoms with Crippen molar-refractivity contribution in [1.82, 2.24) is 19.5 Å². The van der Waals surface area contributed by atoms with Gasteiger partial charge < -0.3 is 23.5 Å². The van der Waals surface area contributed by atoms with Gasteiger partial charge in [-0.05, 0) is 37.1 Å². The number of fused-ring (bicyclic) bond motifs is 2. The number of nitrogens with one attached hydrogen (secondary N) is 1. The molecule has 208 valence electrons. The molecule has 2 heterocycles. The standard InChI is InChI=1S/C25H28N4O10/c1-11-7-17-18(8-12(11)2)29(23-21(26-17)24(34)28-25(35)27-23)9-19(37-14(4)31)22(39-16(6)33)20(38-15(5)32)10-36-13(3)30/h7-8,19-20,22H,9-10H2,1-6H3,(H,28,34,35)/t19-,20+,22+/m0/s1. The minimum atomic E-state index is -1.47. The molecule has 0 amide bonds. The molecule has 0 saturated heterocycles. The van der Waals surface area contributed by atoms with Gasteiger partial charge in [0.15, 0.2) is 29.8 Å². The Morgan fingerprint density at radius 2 is 1.44 bits per heavy atom. The normalized spacial score (nSPS) is 13.4. The Kier molecular flexibility index (Phi) is 8.78. The lowest BCUT2D eigenvalue weighted by molar-refractivity contribution is -0.190. The van der Waals surface area contributed by atoms with E-state index >= 15 is 0 Å². The minimum absolute atomic E-state index is 0.123. The fourth-order valence-corrected chi connectivity index (χ4v) is 4.03. The number of carbonyl (C=O) groups is 4. The molecule has 1 aromatic rings. The van der Waals surface area contributed by atoms with Crippen LogP contribution in [0.2, 0.25) is 0 Å². The number of benzene rings is 1. The minimum Gasteiger partial charge on any atom is -0.462 e. The highest BCUT2D eigenvalue weighted by atomic mass is 16.6. The summed E-state index contributed by atoms with van der Waals surface area (Å²) in [6, 6.07) is 3.48. The maximum Gasteiger partial charge on any atom is 0.349 e. The van der Waals surface area contributed by atoms with E-state index in [1.807, 2.05) is 13.8 Å². The van der Waals surface area contributed by atoms with Crippen molar-refractivity contribution >= 4 is 34.9 Å². The van der Waals surface area contributed by atoms with Crippen molar-refractivity contribution in [2.24, 2.45) is 0 Å². The number of hydrogen-bond acceptors (Lipinski definition) is 12. The van der Waals surface area contributed by atoms with E-state index in [-0.39, 0.29) is 18.1 Å². The highest BCUT2D eigenvalue weighted by Gasteiger charge is 2.39. The van der Waals surface area contributed by atoms with Gasteiger partial charge in [-0.2, -0.15) is 4.98 Å². The van der Waals surface area contributed by atoms with Gasteiger partial charge in [0.05, 0.1) is 17.6 Å². The molecular weight excluding hydrogens is 516 g/mol. The highest BCUT2D eigenvalue weighted by Crippen LogP contribution is 2.26. The molecule has 14 heteroatoms. The summed E-state index contributed by atoms with van der Waals surface area (Å²) in [6.07, 6.45) is -4.22. The summed E-state index contributed by atoms with van der Waals surface area (Å²) >= 11 is 0. The van der Waals surface area contributed by atoms with Crippen molar-refractivity contribution in [2.75, 3.05) is 6.61 Å². The molecule has 0 unspecified atom stereocenters. The van der Waals surface area contributed by atoms with Gasteiger partial charge in [0.25, 0.3) is 5.56 Å². The maximum absolute atomic E-state index is 12.6. The van der Waals surface area contributed by atoms with Crippen molar-refractivity contribution in [1.29, 1.82) is 0 Å². The van der Waals surface area contributed by atoms with Gasteiger partial charge in [0.2, 0.25) is 0 Å². The first-order valence-electron chi connectivity index (χ1n) is 11.8. The molecule has 1 aromatic carbocycles. The van der Waals surface area contributed by atoms with E-state index in [4.69, 9.17) is 18.9 Å². The third-order valence-corrected chi connectivity index (χ3v) is 5.71. The zero-order valence-electron chi connectivity index (χ0n) is 22.2. The van der Waals surface area contributed by atoms with Gasteiger partial charge in [-0.3, -0.25) is 29.0 Å². The Bertz CT molecular complexity index is 1530. The molecule has 0 aromatic heterocycles. The first kappa shape index (κ1) is 28.9. The average Bonchev–Trinajstić information content (AvgIpc) is 2.80. The molecule has 0 fully saturated rings. The molecule has 3 rings (SSSR count). The van der Waals surface area contributed by atoms with E-state index in [1.54, 1.807) is 12.1 Å². The van der Waals surface area contributed by atoms with Gasteiger partial charge in [-0.25, -0.2) is 9.78 Å². The monoisotopic (exact) mass is 544 g/mol. The highest BCUT2D eigenvalue weighted by molar-refractivity contribution is 5.81. The number of ether oxygens (including phenoxy) is 4. The van der Waals surface area contributed by atoms with Gasteiger partial charge >= 0.3 is 29.6 Å². The maximum atomic E-state index is 12.6. The van der Waals surface area contributed by atoms with Crippen LogP contribution in [0, 0.1) is 13.8 Å². The van der Waals surface area contributed by atoms with Crippen LogP contribution in [0.4, 0.5) is 0 Å². The first-order chi connectivity index (χ1) is 18.3. The number of carbonyl (C=O) groups excluding carboxylic acids is 4. The average molecular weight is 545 g/mol. The Balaban J connectivity index is 2.28. The van der Waals surface area contributed by atoms with Crippen LogP contribution in [0.3, 0.4) is 0 Å². The second-order valence-electron chi connectivity index (χ2n) is 8.86. The van der Waals surface area contributed by atoms with Crippen LogP contribution in [0.15, 0.2) is 21.7 Å². The molecule has 0 bridgehead atoms. The molecule has 0 radical (unpaired) electrons. The number of aryl methyl sites for hydroxylation is 2. The van der Waals surface area contributed by atoms with Gasteiger partial charge in [0, 0.05) is 27.7 Å². The third kappa shape index (κ3) is 7.03. The van der Waals surface area contributed by atoms with Crippen LogP contribution in [0.1, 0.15) is 38.8 Å². The Morgan fingerprint density at radius 3 is 2.03 bits per heavy atom. The lowest BCUT2D eigenvalue weighted by atomic mass is 10.1. The Hall–Kier alpha value is -4.62. The van der Waals surface area contributed by atoms with Gasteiger partial charge in [-0.15, -0.1) is 0 Å².